The van der Waals surface area contributed by atoms with E-state index in [9.17, 15) is 4.79 Å². The lowest BCUT2D eigenvalue weighted by Gasteiger charge is -2.26. The first kappa shape index (κ1) is 22.2. The Labute approximate surface area is 186 Å². The van der Waals surface area contributed by atoms with Crippen molar-refractivity contribution < 1.29 is 21.9 Å². The zero-order valence-electron chi connectivity index (χ0n) is 16.5. The summed E-state index contributed by atoms with van der Waals surface area (Å²) < 4.78 is 7.20. The van der Waals surface area contributed by atoms with Crippen molar-refractivity contribution in [3.05, 3.63) is 65.7 Å². The first-order chi connectivity index (χ1) is 14.3. The zero-order chi connectivity index (χ0) is 19.9. The van der Waals surface area contributed by atoms with E-state index in [2.05, 4.69) is 10.2 Å². The molecular weight excluding hydrogens is 420 g/mol. The molecule has 1 saturated heterocycles. The largest absolute Gasteiger partial charge is 1.00 e. The Balaban J connectivity index is 0.00000256. The Kier molecular flexibility index (Phi) is 8.21. The number of amides is 1. The standard InChI is InChI=1S/C22H24N4O2S.ClH/c27-21(23-10-11-25-12-14-28-15-13-25)9-8-18-17-26(19-5-2-1-3-6-19)24-22(18)20-7-4-16-29-20;/h1-9,16-17H,10-15H2,(H,23,27);1H/p-1/b9-8+;. The minimum atomic E-state index is -0.0946. The summed E-state index contributed by atoms with van der Waals surface area (Å²) >= 11 is 1.64. The highest BCUT2D eigenvalue weighted by Crippen LogP contribution is 2.28. The molecule has 1 N–H and O–H groups in total. The van der Waals surface area contributed by atoms with Gasteiger partial charge in [0.1, 0.15) is 5.69 Å². The Morgan fingerprint density at radius 1 is 1.17 bits per heavy atom. The molecular formula is C22H24ClN4O2S-. The molecule has 4 rings (SSSR count). The van der Waals surface area contributed by atoms with E-state index in [1.54, 1.807) is 17.4 Å². The van der Waals surface area contributed by atoms with Crippen LogP contribution in [0.25, 0.3) is 22.3 Å². The molecule has 1 aliphatic rings. The molecule has 3 heterocycles. The first-order valence-corrected chi connectivity index (χ1v) is 10.6. The number of benzene rings is 1. The van der Waals surface area contributed by atoms with Crippen LogP contribution in [0.5, 0.6) is 0 Å². The van der Waals surface area contributed by atoms with Crippen LogP contribution in [0.3, 0.4) is 0 Å². The molecule has 0 atom stereocenters. The summed E-state index contributed by atoms with van der Waals surface area (Å²) in [6.07, 6.45) is 5.39. The normalized spacial score (nSPS) is 14.5. The number of morpholine rings is 1. The Bertz CT molecular complexity index is 951. The summed E-state index contributed by atoms with van der Waals surface area (Å²) in [5, 5.41) is 9.74. The van der Waals surface area contributed by atoms with Crippen molar-refractivity contribution in [3.8, 4) is 16.3 Å². The van der Waals surface area contributed by atoms with Crippen LogP contribution in [0, 0.1) is 0 Å². The van der Waals surface area contributed by atoms with Gasteiger partial charge in [0.25, 0.3) is 0 Å². The lowest BCUT2D eigenvalue weighted by atomic mass is 10.2. The molecule has 0 saturated carbocycles. The average Bonchev–Trinajstić information content (AvgIpc) is 3.43. The number of thiophene rings is 1. The smallest absolute Gasteiger partial charge is 0.244 e. The summed E-state index contributed by atoms with van der Waals surface area (Å²) in [5.74, 6) is -0.0946. The van der Waals surface area contributed by atoms with Crippen LogP contribution in [0.15, 0.2) is 60.1 Å². The Hall–Kier alpha value is -2.45. The number of halogens is 1. The number of hydrogen-bond acceptors (Lipinski definition) is 5. The van der Waals surface area contributed by atoms with E-state index in [-0.39, 0.29) is 18.3 Å². The van der Waals surface area contributed by atoms with E-state index < -0.39 is 0 Å². The van der Waals surface area contributed by atoms with E-state index in [0.29, 0.717) is 6.54 Å². The van der Waals surface area contributed by atoms with Crippen molar-refractivity contribution in [2.75, 3.05) is 39.4 Å². The summed E-state index contributed by atoms with van der Waals surface area (Å²) in [7, 11) is 0. The highest BCUT2D eigenvalue weighted by atomic mass is 35.5. The first-order valence-electron chi connectivity index (χ1n) is 9.74. The molecule has 0 bridgehead atoms. The lowest BCUT2D eigenvalue weighted by Crippen LogP contribution is -3.00. The van der Waals surface area contributed by atoms with Crippen LogP contribution in [0.1, 0.15) is 5.56 Å². The molecule has 158 valence electrons. The molecule has 0 unspecified atom stereocenters. The zero-order valence-corrected chi connectivity index (χ0v) is 18.1. The quantitative estimate of drug-likeness (QED) is 0.525. The van der Waals surface area contributed by atoms with E-state index in [1.807, 2.05) is 64.8 Å². The van der Waals surface area contributed by atoms with Crippen LogP contribution in [-0.4, -0.2) is 60.0 Å². The molecule has 1 aliphatic heterocycles. The highest BCUT2D eigenvalue weighted by molar-refractivity contribution is 7.13. The van der Waals surface area contributed by atoms with Crippen LogP contribution >= 0.6 is 11.3 Å². The summed E-state index contributed by atoms with van der Waals surface area (Å²) in [4.78, 5) is 15.6. The van der Waals surface area contributed by atoms with Gasteiger partial charge < -0.3 is 22.5 Å². The number of nitrogens with zero attached hydrogens (tertiary/aromatic N) is 3. The van der Waals surface area contributed by atoms with Crippen molar-refractivity contribution in [2.24, 2.45) is 0 Å². The molecule has 1 aromatic carbocycles. The monoisotopic (exact) mass is 443 g/mol. The molecule has 1 fully saturated rings. The molecule has 0 spiro atoms. The average molecular weight is 444 g/mol. The van der Waals surface area contributed by atoms with Gasteiger partial charge >= 0.3 is 0 Å². The van der Waals surface area contributed by atoms with Crippen molar-refractivity contribution in [3.63, 3.8) is 0 Å². The number of carbonyl (C=O) groups is 1. The second-order valence-corrected chi connectivity index (χ2v) is 7.72. The molecule has 1 amide bonds. The summed E-state index contributed by atoms with van der Waals surface area (Å²) in [5.41, 5.74) is 2.78. The van der Waals surface area contributed by atoms with E-state index in [4.69, 9.17) is 9.84 Å². The number of para-hydroxylation sites is 1. The molecule has 8 heteroatoms. The number of rotatable bonds is 7. The Morgan fingerprint density at radius 3 is 2.70 bits per heavy atom. The number of nitrogens with one attached hydrogen (secondary N) is 1. The van der Waals surface area contributed by atoms with Gasteiger partial charge in [-0.2, -0.15) is 5.10 Å². The molecule has 30 heavy (non-hydrogen) atoms. The summed E-state index contributed by atoms with van der Waals surface area (Å²) in [6, 6.07) is 14.0. The van der Waals surface area contributed by atoms with Crippen molar-refractivity contribution in [1.82, 2.24) is 20.0 Å². The second kappa shape index (κ2) is 11.1. The molecule has 6 nitrogen and oxygen atoms in total. The van der Waals surface area contributed by atoms with E-state index in [0.717, 1.165) is 54.7 Å². The molecule has 2 aromatic heterocycles. The van der Waals surface area contributed by atoms with Gasteiger partial charge in [0.15, 0.2) is 0 Å². The fourth-order valence-corrected chi connectivity index (χ4v) is 3.94. The molecule has 3 aromatic rings. The predicted octanol–water partition coefficient (Wildman–Crippen LogP) is 0.0664. The third kappa shape index (κ3) is 5.79. The van der Waals surface area contributed by atoms with E-state index >= 15 is 0 Å². The maximum Gasteiger partial charge on any atom is 0.244 e. The van der Waals surface area contributed by atoms with Gasteiger partial charge in [-0.1, -0.05) is 24.3 Å². The highest BCUT2D eigenvalue weighted by Gasteiger charge is 2.12. The van der Waals surface area contributed by atoms with Gasteiger partial charge in [0.05, 0.1) is 23.8 Å². The van der Waals surface area contributed by atoms with Gasteiger partial charge in [-0.3, -0.25) is 9.69 Å². The number of ether oxygens (including phenoxy) is 1. The third-order valence-corrected chi connectivity index (χ3v) is 5.64. The topological polar surface area (TPSA) is 59.4 Å². The predicted molar refractivity (Wildman–Crippen MR) is 116 cm³/mol. The SMILES string of the molecule is O=C(/C=C/c1cn(-c2ccccc2)nc1-c1cccs1)NCCN1CCOCC1.[Cl-]. The van der Waals surface area contributed by atoms with Gasteiger partial charge in [0.2, 0.25) is 5.91 Å². The maximum atomic E-state index is 12.3. The minimum Gasteiger partial charge on any atom is -1.00 e. The third-order valence-electron chi connectivity index (χ3n) is 4.76. The fraction of sp³-hybridized carbons (Fsp3) is 0.273. The van der Waals surface area contributed by atoms with Gasteiger partial charge in [-0.25, -0.2) is 4.68 Å². The van der Waals surface area contributed by atoms with Crippen molar-refractivity contribution in [1.29, 1.82) is 0 Å². The van der Waals surface area contributed by atoms with Gasteiger partial charge in [-0.05, 0) is 29.7 Å². The van der Waals surface area contributed by atoms with E-state index in [1.165, 1.54) is 0 Å². The fourth-order valence-electron chi connectivity index (χ4n) is 3.21. The molecule has 0 radical (unpaired) electrons. The van der Waals surface area contributed by atoms with Crippen molar-refractivity contribution >= 4 is 23.3 Å². The second-order valence-electron chi connectivity index (χ2n) is 6.77. The number of carbonyl (C=O) groups excluding carboxylic acids is 1. The van der Waals surface area contributed by atoms with Gasteiger partial charge in [-0.15, -0.1) is 11.3 Å². The van der Waals surface area contributed by atoms with Crippen molar-refractivity contribution in [2.45, 2.75) is 0 Å². The van der Waals surface area contributed by atoms with Crippen LogP contribution < -0.4 is 17.7 Å². The summed E-state index contributed by atoms with van der Waals surface area (Å²) in [6.45, 7) is 4.86. The number of aromatic nitrogens is 2. The van der Waals surface area contributed by atoms with Crippen LogP contribution in [0.4, 0.5) is 0 Å². The van der Waals surface area contributed by atoms with Crippen LogP contribution in [0.2, 0.25) is 0 Å². The number of hydrogen-bond donors (Lipinski definition) is 1. The van der Waals surface area contributed by atoms with Crippen LogP contribution in [-0.2, 0) is 9.53 Å². The Morgan fingerprint density at radius 2 is 1.97 bits per heavy atom. The minimum absolute atomic E-state index is 0. The maximum absolute atomic E-state index is 12.3. The molecule has 0 aliphatic carbocycles. The lowest BCUT2D eigenvalue weighted by molar-refractivity contribution is -0.116. The van der Waals surface area contributed by atoms with Gasteiger partial charge in [0, 0.05) is 44.0 Å².